The van der Waals surface area contributed by atoms with Crippen LogP contribution in [-0.4, -0.2) is 6.61 Å². The monoisotopic (exact) mass is 236 g/mol. The maximum Gasteiger partial charge on any atom is 0.119 e. The molecule has 0 fully saturated rings. The summed E-state index contributed by atoms with van der Waals surface area (Å²) in [7, 11) is 0. The molecule has 0 amide bonds. The molecule has 0 spiro atoms. The number of hydrogen-bond donors (Lipinski definition) is 2. The molecule has 0 radical (unpaired) electrons. The smallest absolute Gasteiger partial charge is 0.119 e. The van der Waals surface area contributed by atoms with Crippen molar-refractivity contribution in [2.75, 3.05) is 6.61 Å². The third-order valence-electron chi connectivity index (χ3n) is 2.88. The normalized spacial score (nSPS) is 10.5. The molecule has 1 rings (SSSR count). The van der Waals surface area contributed by atoms with E-state index in [1.165, 1.54) is 19.3 Å². The predicted octanol–water partition coefficient (Wildman–Crippen LogP) is 2.56. The van der Waals surface area contributed by atoms with Gasteiger partial charge in [-0.2, -0.15) is 0 Å². The molecule has 3 heteroatoms. The van der Waals surface area contributed by atoms with E-state index in [1.807, 2.05) is 18.2 Å². The van der Waals surface area contributed by atoms with Crippen LogP contribution in [0, 0.1) is 0 Å². The van der Waals surface area contributed by atoms with E-state index < -0.39 is 0 Å². The molecule has 4 N–H and O–H groups in total. The minimum Gasteiger partial charge on any atom is -0.494 e. The molecule has 1 aromatic carbocycles. The summed E-state index contributed by atoms with van der Waals surface area (Å²) in [6, 6.07) is 5.98. The molecule has 0 heterocycles. The van der Waals surface area contributed by atoms with Gasteiger partial charge in [-0.3, -0.25) is 0 Å². The van der Waals surface area contributed by atoms with E-state index in [4.69, 9.17) is 16.2 Å². The standard InChI is InChI=1S/C14H24N2O/c1-2-3-4-5-8-17-14-7-6-12(10-15)13(9-14)11-16/h6-7,9H,2-5,8,10-11,15-16H2,1H3. The number of benzene rings is 1. The van der Waals surface area contributed by atoms with Gasteiger partial charge >= 0.3 is 0 Å². The second-order valence-corrected chi connectivity index (χ2v) is 4.25. The first-order valence-electron chi connectivity index (χ1n) is 6.46. The maximum atomic E-state index is 5.70. The summed E-state index contributed by atoms with van der Waals surface area (Å²) in [5, 5.41) is 0. The quantitative estimate of drug-likeness (QED) is 0.682. The van der Waals surface area contributed by atoms with E-state index in [2.05, 4.69) is 6.92 Å². The highest BCUT2D eigenvalue weighted by Gasteiger charge is 2.01. The number of hydrogen-bond acceptors (Lipinski definition) is 3. The third kappa shape index (κ3) is 4.75. The molecule has 0 saturated carbocycles. The fraction of sp³-hybridized carbons (Fsp3) is 0.571. The van der Waals surface area contributed by atoms with Crippen LogP contribution >= 0.6 is 0 Å². The van der Waals surface area contributed by atoms with E-state index in [0.29, 0.717) is 13.1 Å². The molecule has 0 atom stereocenters. The van der Waals surface area contributed by atoms with Crippen molar-refractivity contribution >= 4 is 0 Å². The highest BCUT2D eigenvalue weighted by atomic mass is 16.5. The summed E-state index contributed by atoms with van der Waals surface area (Å²) in [5.41, 5.74) is 13.5. The maximum absolute atomic E-state index is 5.70. The Morgan fingerprint density at radius 1 is 1.00 bits per heavy atom. The molecule has 96 valence electrons. The second-order valence-electron chi connectivity index (χ2n) is 4.25. The zero-order valence-corrected chi connectivity index (χ0v) is 10.7. The summed E-state index contributed by atoms with van der Waals surface area (Å²) in [4.78, 5) is 0. The Labute approximate surface area is 104 Å². The number of ether oxygens (including phenoxy) is 1. The van der Waals surface area contributed by atoms with Crippen molar-refractivity contribution in [3.05, 3.63) is 29.3 Å². The summed E-state index contributed by atoms with van der Waals surface area (Å²) in [6.07, 6.45) is 4.89. The number of nitrogens with two attached hydrogens (primary N) is 2. The SMILES string of the molecule is CCCCCCOc1ccc(CN)c(CN)c1. The Balaban J connectivity index is 2.43. The molecule has 0 aromatic heterocycles. The van der Waals surface area contributed by atoms with Crippen LogP contribution in [0.25, 0.3) is 0 Å². The first-order valence-corrected chi connectivity index (χ1v) is 6.46. The number of unbranched alkanes of at least 4 members (excludes halogenated alkanes) is 3. The van der Waals surface area contributed by atoms with Gasteiger partial charge in [0.25, 0.3) is 0 Å². The van der Waals surface area contributed by atoms with Crippen LogP contribution < -0.4 is 16.2 Å². The van der Waals surface area contributed by atoms with Gasteiger partial charge in [-0.25, -0.2) is 0 Å². The molecular weight excluding hydrogens is 212 g/mol. The lowest BCUT2D eigenvalue weighted by Gasteiger charge is -2.10. The lowest BCUT2D eigenvalue weighted by Crippen LogP contribution is -2.07. The molecular formula is C14H24N2O. The topological polar surface area (TPSA) is 61.3 Å². The summed E-state index contributed by atoms with van der Waals surface area (Å²) >= 11 is 0. The zero-order valence-electron chi connectivity index (χ0n) is 10.7. The lowest BCUT2D eigenvalue weighted by atomic mass is 10.1. The van der Waals surface area contributed by atoms with Crippen molar-refractivity contribution in [2.45, 2.75) is 45.7 Å². The van der Waals surface area contributed by atoms with Crippen LogP contribution in [0.3, 0.4) is 0 Å². The van der Waals surface area contributed by atoms with Gasteiger partial charge in [0.15, 0.2) is 0 Å². The molecule has 17 heavy (non-hydrogen) atoms. The third-order valence-corrected chi connectivity index (χ3v) is 2.88. The molecule has 0 aliphatic rings. The van der Waals surface area contributed by atoms with Crippen LogP contribution in [-0.2, 0) is 13.1 Å². The van der Waals surface area contributed by atoms with Crippen LogP contribution in [0.4, 0.5) is 0 Å². The van der Waals surface area contributed by atoms with Gasteiger partial charge in [0.05, 0.1) is 6.61 Å². The van der Waals surface area contributed by atoms with E-state index in [0.717, 1.165) is 29.9 Å². The van der Waals surface area contributed by atoms with Crippen molar-refractivity contribution in [2.24, 2.45) is 11.5 Å². The Kier molecular flexibility index (Phi) is 6.67. The van der Waals surface area contributed by atoms with Crippen molar-refractivity contribution in [3.63, 3.8) is 0 Å². The zero-order chi connectivity index (χ0) is 12.5. The first kappa shape index (κ1) is 14.0. The van der Waals surface area contributed by atoms with E-state index in [9.17, 15) is 0 Å². The van der Waals surface area contributed by atoms with Gasteiger partial charge in [-0.1, -0.05) is 32.3 Å². The van der Waals surface area contributed by atoms with Crippen molar-refractivity contribution in [3.8, 4) is 5.75 Å². The largest absolute Gasteiger partial charge is 0.494 e. The first-order chi connectivity index (χ1) is 8.31. The minimum absolute atomic E-state index is 0.513. The van der Waals surface area contributed by atoms with Gasteiger partial charge in [-0.15, -0.1) is 0 Å². The molecule has 0 unspecified atom stereocenters. The van der Waals surface area contributed by atoms with Gasteiger partial charge in [0.2, 0.25) is 0 Å². The van der Waals surface area contributed by atoms with E-state index in [1.54, 1.807) is 0 Å². The van der Waals surface area contributed by atoms with E-state index in [-0.39, 0.29) is 0 Å². The average Bonchev–Trinajstić information content (AvgIpc) is 2.38. The van der Waals surface area contributed by atoms with Gasteiger partial charge < -0.3 is 16.2 Å². The van der Waals surface area contributed by atoms with Crippen LogP contribution in [0.1, 0.15) is 43.7 Å². The Bertz CT molecular complexity index is 326. The summed E-state index contributed by atoms with van der Waals surface area (Å²) < 4.78 is 5.70. The molecule has 0 bridgehead atoms. The van der Waals surface area contributed by atoms with E-state index >= 15 is 0 Å². The molecule has 0 aliphatic carbocycles. The Morgan fingerprint density at radius 3 is 2.41 bits per heavy atom. The van der Waals surface area contributed by atoms with Crippen LogP contribution in [0.15, 0.2) is 18.2 Å². The molecule has 3 nitrogen and oxygen atoms in total. The van der Waals surface area contributed by atoms with Gasteiger partial charge in [-0.05, 0) is 29.7 Å². The Morgan fingerprint density at radius 2 is 1.76 bits per heavy atom. The van der Waals surface area contributed by atoms with Crippen LogP contribution in [0.2, 0.25) is 0 Å². The average molecular weight is 236 g/mol. The number of rotatable bonds is 8. The van der Waals surface area contributed by atoms with Gasteiger partial charge in [0, 0.05) is 13.1 Å². The predicted molar refractivity (Wildman–Crippen MR) is 71.9 cm³/mol. The minimum atomic E-state index is 0.513. The van der Waals surface area contributed by atoms with Crippen molar-refractivity contribution in [1.82, 2.24) is 0 Å². The molecule has 0 aliphatic heterocycles. The summed E-state index contributed by atoms with van der Waals surface area (Å²) in [6.45, 7) is 4.04. The highest BCUT2D eigenvalue weighted by molar-refractivity contribution is 5.35. The van der Waals surface area contributed by atoms with Crippen molar-refractivity contribution < 1.29 is 4.74 Å². The highest BCUT2D eigenvalue weighted by Crippen LogP contribution is 2.18. The molecule has 0 saturated heterocycles. The molecule has 1 aromatic rings. The fourth-order valence-electron chi connectivity index (χ4n) is 1.80. The summed E-state index contributed by atoms with van der Waals surface area (Å²) in [5.74, 6) is 0.902. The van der Waals surface area contributed by atoms with Crippen LogP contribution in [0.5, 0.6) is 5.75 Å². The second kappa shape index (κ2) is 8.09. The fourth-order valence-corrected chi connectivity index (χ4v) is 1.80. The lowest BCUT2D eigenvalue weighted by molar-refractivity contribution is 0.304. The Hall–Kier alpha value is -1.06. The van der Waals surface area contributed by atoms with Gasteiger partial charge in [0.1, 0.15) is 5.75 Å². The van der Waals surface area contributed by atoms with Crippen molar-refractivity contribution in [1.29, 1.82) is 0 Å².